The third kappa shape index (κ3) is 2.68. The number of nitrogens with one attached hydrogen (secondary N) is 1. The van der Waals surface area contributed by atoms with Gasteiger partial charge in [-0.25, -0.2) is 8.42 Å². The molecule has 7 heteroatoms. The number of H-pyrrole nitrogens is 1. The number of rotatable bonds is 3. The summed E-state index contributed by atoms with van der Waals surface area (Å²) in [5.74, 6) is 0. The fraction of sp³-hybridized carbons (Fsp3) is 0.214. The summed E-state index contributed by atoms with van der Waals surface area (Å²) in [6.07, 6.45) is 1.21. The molecule has 0 saturated carbocycles. The van der Waals surface area contributed by atoms with Crippen LogP contribution >= 0.6 is 23.6 Å². The number of imidazole rings is 1. The fourth-order valence-electron chi connectivity index (χ4n) is 2.35. The van der Waals surface area contributed by atoms with Crippen LogP contribution in [-0.2, 0) is 16.4 Å². The molecule has 0 spiro atoms. The van der Waals surface area contributed by atoms with Crippen molar-refractivity contribution in [3.05, 3.63) is 44.9 Å². The lowest BCUT2D eigenvalue weighted by Gasteiger charge is -2.04. The van der Waals surface area contributed by atoms with Crippen LogP contribution in [0.4, 0.5) is 0 Å². The van der Waals surface area contributed by atoms with E-state index in [0.717, 1.165) is 5.52 Å². The van der Waals surface area contributed by atoms with Crippen LogP contribution in [0.25, 0.3) is 11.0 Å². The molecule has 0 bridgehead atoms. The molecule has 0 atom stereocenters. The molecule has 0 radical (unpaired) electrons. The number of sulfone groups is 1. The van der Waals surface area contributed by atoms with E-state index in [4.69, 9.17) is 12.2 Å². The Morgan fingerprint density at radius 2 is 2.05 bits per heavy atom. The standard InChI is InChI=1S/C14H14N2O2S3/c1-9-6-7-10(20-9)8-16-11-4-3-5-12(21(2,17)18)13(11)15-14(16)19/h3-7H,8H2,1-2H3,(H,15,19). The lowest BCUT2D eigenvalue weighted by molar-refractivity contribution is 0.602. The number of aromatic nitrogens is 2. The first-order valence-electron chi connectivity index (χ1n) is 6.33. The maximum Gasteiger partial charge on any atom is 0.178 e. The number of aryl methyl sites for hydroxylation is 1. The van der Waals surface area contributed by atoms with E-state index in [1.807, 2.05) is 10.6 Å². The number of para-hydroxylation sites is 1. The zero-order chi connectivity index (χ0) is 15.2. The number of thiophene rings is 1. The van der Waals surface area contributed by atoms with Gasteiger partial charge in [0.25, 0.3) is 0 Å². The average molecular weight is 338 g/mol. The van der Waals surface area contributed by atoms with Crippen molar-refractivity contribution in [3.63, 3.8) is 0 Å². The number of hydrogen-bond acceptors (Lipinski definition) is 4. The molecule has 0 saturated heterocycles. The lowest BCUT2D eigenvalue weighted by Crippen LogP contribution is -2.00. The topological polar surface area (TPSA) is 54.9 Å². The van der Waals surface area contributed by atoms with Gasteiger partial charge in [0.1, 0.15) is 0 Å². The first-order chi connectivity index (χ1) is 9.86. The van der Waals surface area contributed by atoms with Gasteiger partial charge in [0.2, 0.25) is 0 Å². The summed E-state index contributed by atoms with van der Waals surface area (Å²) in [5, 5.41) is 0. The van der Waals surface area contributed by atoms with Crippen LogP contribution in [0.1, 0.15) is 9.75 Å². The van der Waals surface area contributed by atoms with Gasteiger partial charge in [0, 0.05) is 16.0 Å². The molecule has 0 fully saturated rings. The van der Waals surface area contributed by atoms with Crippen molar-refractivity contribution >= 4 is 44.4 Å². The third-order valence-corrected chi connectivity index (χ3v) is 5.73. The number of aromatic amines is 1. The average Bonchev–Trinajstić information content (AvgIpc) is 2.93. The molecule has 0 unspecified atom stereocenters. The van der Waals surface area contributed by atoms with Crippen molar-refractivity contribution < 1.29 is 8.42 Å². The van der Waals surface area contributed by atoms with Gasteiger partial charge in [-0.05, 0) is 43.4 Å². The highest BCUT2D eigenvalue weighted by atomic mass is 32.2. The van der Waals surface area contributed by atoms with Crippen LogP contribution in [0.15, 0.2) is 35.2 Å². The molecule has 0 aliphatic rings. The number of hydrogen-bond donors (Lipinski definition) is 1. The van der Waals surface area contributed by atoms with Crippen molar-refractivity contribution in [3.8, 4) is 0 Å². The first kappa shape index (κ1) is 14.5. The predicted molar refractivity (Wildman–Crippen MR) is 88.4 cm³/mol. The molecule has 1 N–H and O–H groups in total. The number of nitrogens with zero attached hydrogens (tertiary/aromatic N) is 1. The highest BCUT2D eigenvalue weighted by Gasteiger charge is 2.15. The maximum atomic E-state index is 11.9. The summed E-state index contributed by atoms with van der Waals surface area (Å²) in [6.45, 7) is 2.70. The normalized spacial score (nSPS) is 12.1. The molecule has 1 aromatic carbocycles. The molecule has 110 valence electrons. The third-order valence-electron chi connectivity index (χ3n) is 3.28. The van der Waals surface area contributed by atoms with Crippen LogP contribution < -0.4 is 0 Å². The Bertz CT molecular complexity index is 977. The Morgan fingerprint density at radius 1 is 1.29 bits per heavy atom. The monoisotopic (exact) mass is 338 g/mol. The van der Waals surface area contributed by atoms with Crippen molar-refractivity contribution in [2.75, 3.05) is 6.26 Å². The minimum absolute atomic E-state index is 0.284. The molecular formula is C14H14N2O2S3. The number of benzene rings is 1. The molecule has 21 heavy (non-hydrogen) atoms. The van der Waals surface area contributed by atoms with Crippen LogP contribution in [-0.4, -0.2) is 24.2 Å². The van der Waals surface area contributed by atoms with E-state index in [0.29, 0.717) is 16.8 Å². The zero-order valence-electron chi connectivity index (χ0n) is 11.6. The minimum atomic E-state index is -3.29. The Labute approximate surface area is 132 Å². The van der Waals surface area contributed by atoms with Gasteiger partial charge in [-0.1, -0.05) is 6.07 Å². The molecule has 3 rings (SSSR count). The highest BCUT2D eigenvalue weighted by Crippen LogP contribution is 2.24. The van der Waals surface area contributed by atoms with Crippen LogP contribution in [0, 0.1) is 11.7 Å². The second-order valence-corrected chi connectivity index (χ2v) is 8.69. The van der Waals surface area contributed by atoms with E-state index in [2.05, 4.69) is 24.0 Å². The van der Waals surface area contributed by atoms with Crippen LogP contribution in [0.3, 0.4) is 0 Å². The van der Waals surface area contributed by atoms with E-state index >= 15 is 0 Å². The van der Waals surface area contributed by atoms with E-state index in [-0.39, 0.29) is 4.90 Å². The van der Waals surface area contributed by atoms with Crippen LogP contribution in [0.2, 0.25) is 0 Å². The second kappa shape index (κ2) is 5.08. The summed E-state index contributed by atoms with van der Waals surface area (Å²) in [6, 6.07) is 9.37. The molecule has 3 aromatic rings. The summed E-state index contributed by atoms with van der Waals surface area (Å²) < 4.78 is 26.2. The van der Waals surface area contributed by atoms with Crippen molar-refractivity contribution in [1.29, 1.82) is 0 Å². The van der Waals surface area contributed by atoms with Gasteiger partial charge in [0.15, 0.2) is 14.6 Å². The van der Waals surface area contributed by atoms with Crippen molar-refractivity contribution in [1.82, 2.24) is 9.55 Å². The minimum Gasteiger partial charge on any atom is -0.329 e. The van der Waals surface area contributed by atoms with Gasteiger partial charge in [0.05, 0.1) is 22.5 Å². The molecule has 2 aromatic heterocycles. The van der Waals surface area contributed by atoms with Gasteiger partial charge in [-0.3, -0.25) is 0 Å². The Kier molecular flexibility index (Phi) is 3.51. The smallest absolute Gasteiger partial charge is 0.178 e. The predicted octanol–water partition coefficient (Wildman–Crippen LogP) is 3.52. The van der Waals surface area contributed by atoms with E-state index in [9.17, 15) is 8.42 Å². The highest BCUT2D eigenvalue weighted by molar-refractivity contribution is 7.91. The summed E-state index contributed by atoms with van der Waals surface area (Å²) in [7, 11) is -3.29. The largest absolute Gasteiger partial charge is 0.329 e. The summed E-state index contributed by atoms with van der Waals surface area (Å²) >= 11 is 7.07. The second-order valence-electron chi connectivity index (χ2n) is 4.95. The molecule has 2 heterocycles. The molecule has 4 nitrogen and oxygen atoms in total. The van der Waals surface area contributed by atoms with Gasteiger partial charge in [-0.15, -0.1) is 11.3 Å². The van der Waals surface area contributed by atoms with E-state index in [1.165, 1.54) is 16.0 Å². The van der Waals surface area contributed by atoms with Crippen molar-refractivity contribution in [2.45, 2.75) is 18.4 Å². The van der Waals surface area contributed by atoms with E-state index in [1.54, 1.807) is 23.5 Å². The molecule has 0 amide bonds. The molecule has 0 aliphatic heterocycles. The zero-order valence-corrected chi connectivity index (χ0v) is 14.0. The fourth-order valence-corrected chi connectivity index (χ4v) is 4.34. The maximum absolute atomic E-state index is 11.9. The molecular weight excluding hydrogens is 324 g/mol. The SMILES string of the molecule is Cc1ccc(Cn2c(=S)[nH]c3c(S(C)(=O)=O)cccc32)s1. The summed E-state index contributed by atoms with van der Waals surface area (Å²) in [5.41, 5.74) is 1.40. The molecule has 0 aliphatic carbocycles. The van der Waals surface area contributed by atoms with Crippen molar-refractivity contribution in [2.24, 2.45) is 0 Å². The van der Waals surface area contributed by atoms with Crippen LogP contribution in [0.5, 0.6) is 0 Å². The summed E-state index contributed by atoms with van der Waals surface area (Å²) in [4.78, 5) is 5.75. The Balaban J connectivity index is 2.21. The van der Waals surface area contributed by atoms with E-state index < -0.39 is 9.84 Å². The Hall–Kier alpha value is -1.44. The Morgan fingerprint density at radius 3 is 2.67 bits per heavy atom. The number of fused-ring (bicyclic) bond motifs is 1. The first-order valence-corrected chi connectivity index (χ1v) is 9.45. The van der Waals surface area contributed by atoms with Gasteiger partial charge < -0.3 is 9.55 Å². The van der Waals surface area contributed by atoms with Gasteiger partial charge >= 0.3 is 0 Å². The quantitative estimate of drug-likeness (QED) is 0.744. The lowest BCUT2D eigenvalue weighted by atomic mass is 10.3. The van der Waals surface area contributed by atoms with Gasteiger partial charge in [-0.2, -0.15) is 0 Å².